The fraction of sp³-hybridized carbons (Fsp3) is 0.417. The molecule has 0 saturated carbocycles. The van der Waals surface area contributed by atoms with E-state index >= 15 is 0 Å². The van der Waals surface area contributed by atoms with Crippen LogP contribution in [0.3, 0.4) is 0 Å². The van der Waals surface area contributed by atoms with Crippen molar-refractivity contribution >= 4 is 17.5 Å². The highest BCUT2D eigenvalue weighted by Crippen LogP contribution is 2.40. The van der Waals surface area contributed by atoms with Gasteiger partial charge in [0.25, 0.3) is 5.91 Å². The average molecular weight is 411 g/mol. The monoisotopic (exact) mass is 410 g/mol. The zero-order valence-electron chi connectivity index (χ0n) is 18.3. The molecule has 3 rings (SSSR count). The van der Waals surface area contributed by atoms with Crippen molar-refractivity contribution in [3.8, 4) is 11.5 Å². The lowest BCUT2D eigenvalue weighted by molar-refractivity contribution is -0.126. The molecule has 160 valence electrons. The minimum absolute atomic E-state index is 0.134. The molecule has 1 aliphatic rings. The summed E-state index contributed by atoms with van der Waals surface area (Å²) in [6.07, 6.45) is 0.966. The van der Waals surface area contributed by atoms with Crippen molar-refractivity contribution < 1.29 is 19.1 Å². The Kier molecular flexibility index (Phi) is 6.65. The predicted octanol–water partition coefficient (Wildman–Crippen LogP) is 4.15. The van der Waals surface area contributed by atoms with Crippen molar-refractivity contribution in [2.24, 2.45) is 5.92 Å². The number of ether oxygens (including phenoxy) is 2. The second kappa shape index (κ2) is 9.20. The first kappa shape index (κ1) is 21.7. The summed E-state index contributed by atoms with van der Waals surface area (Å²) in [6, 6.07) is 10.9. The topological polar surface area (TPSA) is 67.9 Å². The maximum atomic E-state index is 13.1. The molecule has 30 heavy (non-hydrogen) atoms. The molecule has 0 radical (unpaired) electrons. The molecule has 0 aliphatic carbocycles. The Labute approximate surface area is 178 Å². The number of nitrogens with zero attached hydrogens (tertiary/aromatic N) is 1. The fourth-order valence-corrected chi connectivity index (χ4v) is 3.70. The van der Waals surface area contributed by atoms with Crippen LogP contribution in [0.5, 0.6) is 11.5 Å². The Morgan fingerprint density at radius 1 is 1.20 bits per heavy atom. The molecule has 2 aromatic carbocycles. The van der Waals surface area contributed by atoms with Gasteiger partial charge in [-0.1, -0.05) is 38.1 Å². The lowest BCUT2D eigenvalue weighted by atomic mass is 10.0. The van der Waals surface area contributed by atoms with E-state index in [-0.39, 0.29) is 11.8 Å². The van der Waals surface area contributed by atoms with Crippen LogP contribution in [0.4, 0.5) is 5.69 Å². The molecule has 6 heteroatoms. The smallest absolute Gasteiger partial charge is 0.254 e. The van der Waals surface area contributed by atoms with E-state index in [0.29, 0.717) is 30.6 Å². The van der Waals surface area contributed by atoms with Crippen molar-refractivity contribution in [2.75, 3.05) is 18.6 Å². The zero-order chi connectivity index (χ0) is 21.8. The van der Waals surface area contributed by atoms with Gasteiger partial charge in [-0.3, -0.25) is 9.59 Å². The van der Waals surface area contributed by atoms with Crippen LogP contribution in [0.1, 0.15) is 49.9 Å². The van der Waals surface area contributed by atoms with Crippen LogP contribution in [-0.4, -0.2) is 25.5 Å². The lowest BCUT2D eigenvalue weighted by Gasteiger charge is -2.21. The minimum atomic E-state index is -0.655. The Balaban J connectivity index is 1.85. The number of hydrogen-bond acceptors (Lipinski definition) is 4. The van der Waals surface area contributed by atoms with Gasteiger partial charge in [-0.25, -0.2) is 0 Å². The summed E-state index contributed by atoms with van der Waals surface area (Å²) in [5.41, 5.74) is 3.61. The molecule has 1 N–H and O–H groups in total. The van der Waals surface area contributed by atoms with E-state index in [1.807, 2.05) is 43.3 Å². The number of fused-ring (bicyclic) bond motifs is 1. The van der Waals surface area contributed by atoms with Crippen LogP contribution in [0.2, 0.25) is 0 Å². The highest BCUT2D eigenvalue weighted by molar-refractivity contribution is 6.06. The number of para-hydroxylation sites is 1. The van der Waals surface area contributed by atoms with Gasteiger partial charge >= 0.3 is 0 Å². The van der Waals surface area contributed by atoms with Gasteiger partial charge in [0.05, 0.1) is 25.9 Å². The van der Waals surface area contributed by atoms with E-state index in [2.05, 4.69) is 19.2 Å². The fourth-order valence-electron chi connectivity index (χ4n) is 3.70. The van der Waals surface area contributed by atoms with Gasteiger partial charge in [-0.2, -0.15) is 0 Å². The third kappa shape index (κ3) is 4.58. The van der Waals surface area contributed by atoms with E-state index in [4.69, 9.17) is 9.47 Å². The SMILES string of the molecule is COc1cc(CN2C(=O)C(NC(C)=O)c3cccc(C)c32)ccc1OCCC(C)C. The second-order valence-corrected chi connectivity index (χ2v) is 8.09. The van der Waals surface area contributed by atoms with Crippen molar-refractivity contribution in [1.29, 1.82) is 0 Å². The van der Waals surface area contributed by atoms with E-state index < -0.39 is 6.04 Å². The Bertz CT molecular complexity index is 939. The summed E-state index contributed by atoms with van der Waals surface area (Å²) < 4.78 is 11.4. The van der Waals surface area contributed by atoms with E-state index in [9.17, 15) is 9.59 Å². The first-order chi connectivity index (χ1) is 14.3. The number of benzene rings is 2. The van der Waals surface area contributed by atoms with Crippen molar-refractivity contribution in [2.45, 2.75) is 46.7 Å². The lowest BCUT2D eigenvalue weighted by Crippen LogP contribution is -2.36. The van der Waals surface area contributed by atoms with Crippen LogP contribution in [-0.2, 0) is 16.1 Å². The van der Waals surface area contributed by atoms with Crippen LogP contribution in [0, 0.1) is 12.8 Å². The molecule has 0 aromatic heterocycles. The highest BCUT2D eigenvalue weighted by Gasteiger charge is 2.38. The molecule has 0 bridgehead atoms. The van der Waals surface area contributed by atoms with Gasteiger partial charge < -0.3 is 19.7 Å². The molecule has 2 amide bonds. The van der Waals surface area contributed by atoms with E-state index in [0.717, 1.165) is 28.8 Å². The number of methoxy groups -OCH3 is 1. The summed E-state index contributed by atoms with van der Waals surface area (Å²) in [6.45, 7) is 8.73. The molecule has 1 atom stereocenters. The molecule has 0 spiro atoms. The summed E-state index contributed by atoms with van der Waals surface area (Å²) in [4.78, 5) is 26.5. The predicted molar refractivity (Wildman–Crippen MR) is 117 cm³/mol. The van der Waals surface area contributed by atoms with Gasteiger partial charge in [0.2, 0.25) is 5.91 Å². The highest BCUT2D eigenvalue weighted by atomic mass is 16.5. The Hall–Kier alpha value is -3.02. The quantitative estimate of drug-likeness (QED) is 0.710. The third-order valence-corrected chi connectivity index (χ3v) is 5.23. The number of anilines is 1. The van der Waals surface area contributed by atoms with Crippen molar-refractivity contribution in [3.05, 3.63) is 53.1 Å². The normalized spacial score (nSPS) is 15.3. The molecule has 1 heterocycles. The Morgan fingerprint density at radius 2 is 1.97 bits per heavy atom. The number of carbonyl (C=O) groups excluding carboxylic acids is 2. The van der Waals surface area contributed by atoms with Crippen LogP contribution in [0.25, 0.3) is 0 Å². The first-order valence-corrected chi connectivity index (χ1v) is 10.3. The minimum Gasteiger partial charge on any atom is -0.493 e. The Morgan fingerprint density at radius 3 is 2.63 bits per heavy atom. The number of rotatable bonds is 8. The summed E-state index contributed by atoms with van der Waals surface area (Å²) in [5, 5.41) is 2.78. The number of amides is 2. The van der Waals surface area contributed by atoms with Crippen molar-refractivity contribution in [3.63, 3.8) is 0 Å². The zero-order valence-corrected chi connectivity index (χ0v) is 18.3. The molecular formula is C24H30N2O4. The maximum absolute atomic E-state index is 13.1. The summed E-state index contributed by atoms with van der Waals surface area (Å²) in [5.74, 6) is 1.54. The van der Waals surface area contributed by atoms with E-state index in [1.54, 1.807) is 12.0 Å². The van der Waals surface area contributed by atoms with Crippen LogP contribution in [0.15, 0.2) is 36.4 Å². The van der Waals surface area contributed by atoms with Gasteiger partial charge in [-0.05, 0) is 42.5 Å². The van der Waals surface area contributed by atoms with Gasteiger partial charge in [0.15, 0.2) is 11.5 Å². The summed E-state index contributed by atoms with van der Waals surface area (Å²) in [7, 11) is 1.61. The largest absolute Gasteiger partial charge is 0.493 e. The van der Waals surface area contributed by atoms with Crippen LogP contribution >= 0.6 is 0 Å². The number of aryl methyl sites for hydroxylation is 1. The van der Waals surface area contributed by atoms with Crippen molar-refractivity contribution in [1.82, 2.24) is 5.32 Å². The van der Waals surface area contributed by atoms with Gasteiger partial charge in [-0.15, -0.1) is 0 Å². The van der Waals surface area contributed by atoms with E-state index in [1.165, 1.54) is 6.92 Å². The molecule has 1 unspecified atom stereocenters. The standard InChI is InChI=1S/C24H30N2O4/c1-15(2)11-12-30-20-10-9-18(13-21(20)29-5)14-26-23-16(3)7-6-8-19(23)22(24(26)28)25-17(4)27/h6-10,13,15,22H,11-12,14H2,1-5H3,(H,25,27). The summed E-state index contributed by atoms with van der Waals surface area (Å²) >= 11 is 0. The molecule has 0 saturated heterocycles. The maximum Gasteiger partial charge on any atom is 0.254 e. The average Bonchev–Trinajstić information content (AvgIpc) is 2.95. The molecule has 6 nitrogen and oxygen atoms in total. The van der Waals surface area contributed by atoms with Gasteiger partial charge in [0.1, 0.15) is 6.04 Å². The van der Waals surface area contributed by atoms with Crippen LogP contribution < -0.4 is 19.7 Å². The third-order valence-electron chi connectivity index (χ3n) is 5.23. The van der Waals surface area contributed by atoms with Gasteiger partial charge in [0, 0.05) is 12.5 Å². The number of nitrogens with one attached hydrogen (secondary N) is 1. The number of hydrogen-bond donors (Lipinski definition) is 1. The molecule has 0 fully saturated rings. The first-order valence-electron chi connectivity index (χ1n) is 10.3. The molecule has 2 aromatic rings. The number of carbonyl (C=O) groups is 2. The molecule has 1 aliphatic heterocycles. The molecular weight excluding hydrogens is 380 g/mol. The second-order valence-electron chi connectivity index (χ2n) is 8.09.